The second kappa shape index (κ2) is 19.4. The summed E-state index contributed by atoms with van der Waals surface area (Å²) in [5.41, 5.74) is 9.19. The molecule has 0 atom stereocenters. The Morgan fingerprint density at radius 2 is 1.13 bits per heavy atom. The first-order chi connectivity index (χ1) is 28.4. The number of halogens is 9. The zero-order valence-electron chi connectivity index (χ0n) is 30.7. The molecule has 0 saturated carbocycles. The Hall–Kier alpha value is -6.01. The van der Waals surface area contributed by atoms with Gasteiger partial charge in [-0.3, -0.25) is 19.6 Å². The molecule has 4 heterocycles. The molecule has 8 rings (SSSR count). The molecule has 0 aliphatic carbocycles. The number of nitrogens with zero attached hydrogens (tertiary/aromatic N) is 4. The number of amides is 1. The molecule has 0 fully saturated rings. The van der Waals surface area contributed by atoms with Gasteiger partial charge >= 0.3 is 12.6 Å². The van der Waals surface area contributed by atoms with E-state index in [0.717, 1.165) is 5.56 Å². The molecular weight excluding hydrogens is 885 g/mol. The molecule has 60 heavy (non-hydrogen) atoms. The Balaban J connectivity index is 0.000000183. The van der Waals surface area contributed by atoms with E-state index in [2.05, 4.69) is 44.2 Å². The fourth-order valence-corrected chi connectivity index (χ4v) is 5.58. The van der Waals surface area contributed by atoms with Gasteiger partial charge in [0.05, 0.1) is 57.7 Å². The van der Waals surface area contributed by atoms with Gasteiger partial charge in [0.2, 0.25) is 0 Å². The molecule has 2 aliphatic rings. The average molecular weight is 912 g/mol. The van der Waals surface area contributed by atoms with Crippen molar-refractivity contribution in [2.45, 2.75) is 26.4 Å². The van der Waals surface area contributed by atoms with Gasteiger partial charge in [0.25, 0.3) is 11.1 Å². The maximum absolute atomic E-state index is 13.2. The van der Waals surface area contributed by atoms with E-state index in [-0.39, 0.29) is 45.5 Å². The molecular formula is C39H27Cl4F5N6O6. The third kappa shape index (κ3) is 11.6. The van der Waals surface area contributed by atoms with Gasteiger partial charge < -0.3 is 30.0 Å². The number of fused-ring (bicyclic) bond motifs is 2. The van der Waals surface area contributed by atoms with E-state index in [9.17, 15) is 31.5 Å². The van der Waals surface area contributed by atoms with Crippen LogP contribution < -0.4 is 30.0 Å². The Bertz CT molecular complexity index is 2510. The zero-order valence-corrected chi connectivity index (χ0v) is 33.7. The van der Waals surface area contributed by atoms with Gasteiger partial charge in [0.1, 0.15) is 11.6 Å². The van der Waals surface area contributed by atoms with Gasteiger partial charge in [-0.15, -0.1) is 40.8 Å². The van der Waals surface area contributed by atoms with Crippen molar-refractivity contribution in [3.8, 4) is 45.5 Å². The molecule has 0 bridgehead atoms. The molecule has 12 nitrogen and oxygen atoms in total. The smallest absolute Gasteiger partial charge is 0.395 e. The fraction of sp³-hybridized carbons (Fsp3) is 0.128. The summed E-state index contributed by atoms with van der Waals surface area (Å²) in [4.78, 5) is 39.1. The summed E-state index contributed by atoms with van der Waals surface area (Å²) >= 11 is 20.6. The predicted molar refractivity (Wildman–Crippen MR) is 214 cm³/mol. The lowest BCUT2D eigenvalue weighted by molar-refractivity contribution is -0.287. The van der Waals surface area contributed by atoms with Crippen molar-refractivity contribution in [2.75, 3.05) is 16.4 Å². The molecule has 21 heteroatoms. The number of nitrogens with one attached hydrogen (secondary N) is 1. The Morgan fingerprint density at radius 1 is 0.683 bits per heavy atom. The van der Waals surface area contributed by atoms with Crippen LogP contribution in [0.3, 0.4) is 0 Å². The monoisotopic (exact) mass is 910 g/mol. The molecule has 2 aliphatic heterocycles. The molecule has 312 valence electrons. The molecule has 0 radical (unpaired) electrons. The lowest BCUT2D eigenvalue weighted by Crippen LogP contribution is -2.25. The lowest BCUT2D eigenvalue weighted by atomic mass is 10.1. The van der Waals surface area contributed by atoms with Crippen molar-refractivity contribution in [2.24, 2.45) is 0 Å². The third-order valence-electron chi connectivity index (χ3n) is 7.82. The third-order valence-corrected chi connectivity index (χ3v) is 8.35. The van der Waals surface area contributed by atoms with Crippen LogP contribution in [0.5, 0.6) is 23.0 Å². The van der Waals surface area contributed by atoms with E-state index in [0.29, 0.717) is 38.7 Å². The van der Waals surface area contributed by atoms with Crippen LogP contribution in [0.2, 0.25) is 5.02 Å². The number of ether oxygens (including phenoxy) is 4. The number of alkyl halides is 6. The standard InChI is InChI=1S/C19H12ClF2N3O3.C12H9F2N3O2.C7H4ClFO.CH2Cl2/c1-10-6-15-16(28-19(21,22)27-15)7-12(10)14-8-24-17(9-23-14)25-18(26)11-4-2-3-5-13(11)20;1-6-2-9-10(19-12(13,14)18-9)3-7(6)8-4-17-11(15)5-16-8;8-7(10)5-3-1-2-4-6(5)9;2-1-3/h2-9H,1H3,(H,24,25,26);2-5H,1H3,(H2,15,17);1-4H;1H2. The Labute approximate surface area is 357 Å². The molecule has 0 unspecified atom stereocenters. The van der Waals surface area contributed by atoms with Gasteiger partial charge in [-0.1, -0.05) is 35.9 Å². The number of anilines is 2. The first-order valence-electron chi connectivity index (χ1n) is 16.7. The minimum Gasteiger partial charge on any atom is -0.395 e. The Kier molecular flexibility index (Phi) is 14.6. The van der Waals surface area contributed by atoms with Crippen molar-refractivity contribution in [1.29, 1.82) is 0 Å². The second-order valence-corrected chi connectivity index (χ2v) is 13.5. The maximum Gasteiger partial charge on any atom is 0.586 e. The van der Waals surface area contributed by atoms with Crippen molar-refractivity contribution in [3.05, 3.63) is 131 Å². The quantitative estimate of drug-likeness (QED) is 0.0962. The first kappa shape index (κ1) is 45.1. The van der Waals surface area contributed by atoms with Crippen LogP contribution in [0.15, 0.2) is 97.6 Å². The average Bonchev–Trinajstić information content (AvgIpc) is 3.67. The number of carbonyl (C=O) groups is 2. The number of hydrogen-bond acceptors (Lipinski definition) is 11. The number of nitrogens with two attached hydrogens (primary N) is 1. The van der Waals surface area contributed by atoms with Gasteiger partial charge in [-0.2, -0.15) is 0 Å². The molecule has 3 N–H and O–H groups in total. The molecule has 6 aromatic rings. The van der Waals surface area contributed by atoms with Crippen LogP contribution >= 0.6 is 46.4 Å². The SMILES string of the molecule is Cc1cc2c(cc1-c1cnc(N)cn1)OC(F)(F)O2.Cc1cc2c(cc1-c1cnc(NC(=O)c3ccccc3Cl)cn1)OC(F)(F)O2.ClCCl.O=C(Cl)c1ccccc1F. The van der Waals surface area contributed by atoms with E-state index >= 15 is 0 Å². The topological polar surface area (TPSA) is 161 Å². The number of hydrogen-bond donors (Lipinski definition) is 2. The maximum atomic E-state index is 13.2. The van der Waals surface area contributed by atoms with Gasteiger partial charge in [0.15, 0.2) is 28.8 Å². The summed E-state index contributed by atoms with van der Waals surface area (Å²) in [5.74, 6) is -0.630. The van der Waals surface area contributed by atoms with Crippen molar-refractivity contribution in [1.82, 2.24) is 19.9 Å². The highest BCUT2D eigenvalue weighted by molar-refractivity contribution is 6.67. The number of aryl methyl sites for hydroxylation is 2. The van der Waals surface area contributed by atoms with Crippen molar-refractivity contribution >= 4 is 69.2 Å². The van der Waals surface area contributed by atoms with E-state index in [1.807, 2.05) is 0 Å². The van der Waals surface area contributed by atoms with E-state index < -0.39 is 29.6 Å². The number of nitrogen functional groups attached to an aromatic ring is 1. The van der Waals surface area contributed by atoms with Crippen molar-refractivity contribution < 1.29 is 50.5 Å². The number of benzene rings is 4. The molecule has 4 aromatic carbocycles. The van der Waals surface area contributed by atoms with Crippen LogP contribution in [-0.2, 0) is 0 Å². The minimum atomic E-state index is -3.69. The van der Waals surface area contributed by atoms with Gasteiger partial charge in [-0.05, 0) is 85.1 Å². The second-order valence-electron chi connectivity index (χ2n) is 12.0. The number of carbonyl (C=O) groups excluding carboxylic acids is 2. The Morgan fingerprint density at radius 3 is 1.55 bits per heavy atom. The van der Waals surface area contributed by atoms with E-state index in [1.54, 1.807) is 44.2 Å². The molecule has 2 aromatic heterocycles. The molecule has 0 spiro atoms. The van der Waals surface area contributed by atoms with Crippen LogP contribution in [0.4, 0.5) is 33.6 Å². The van der Waals surface area contributed by atoms with Gasteiger partial charge in [-0.25, -0.2) is 14.4 Å². The minimum absolute atomic E-state index is 0.00894. The highest BCUT2D eigenvalue weighted by Crippen LogP contribution is 2.45. The lowest BCUT2D eigenvalue weighted by Gasteiger charge is -2.08. The number of aromatic nitrogens is 4. The highest BCUT2D eigenvalue weighted by atomic mass is 35.5. The largest absolute Gasteiger partial charge is 0.586 e. The zero-order chi connectivity index (χ0) is 43.8. The van der Waals surface area contributed by atoms with E-state index in [1.165, 1.54) is 67.3 Å². The summed E-state index contributed by atoms with van der Waals surface area (Å²) in [6.07, 6.45) is -1.66. The summed E-state index contributed by atoms with van der Waals surface area (Å²) in [7, 11) is 0. The normalized spacial score (nSPS) is 13.3. The van der Waals surface area contributed by atoms with Crippen molar-refractivity contribution in [3.63, 3.8) is 0 Å². The van der Waals surface area contributed by atoms with Gasteiger partial charge in [0, 0.05) is 11.1 Å². The van der Waals surface area contributed by atoms with Crippen LogP contribution in [-0.4, -0.2) is 49.0 Å². The van der Waals surface area contributed by atoms with E-state index in [4.69, 9.17) is 52.1 Å². The van der Waals surface area contributed by atoms with Crippen LogP contribution in [0, 0.1) is 19.7 Å². The summed E-state index contributed by atoms with van der Waals surface area (Å²) in [6, 6.07) is 18.0. The highest BCUT2D eigenvalue weighted by Gasteiger charge is 2.44. The van der Waals surface area contributed by atoms with Crippen LogP contribution in [0.25, 0.3) is 22.5 Å². The molecule has 1 amide bonds. The fourth-order valence-electron chi connectivity index (χ4n) is 5.21. The molecule has 0 saturated heterocycles. The number of rotatable bonds is 5. The summed E-state index contributed by atoms with van der Waals surface area (Å²) in [5, 5.41) is 2.35. The first-order valence-corrected chi connectivity index (χ1v) is 18.6. The van der Waals surface area contributed by atoms with Crippen LogP contribution in [0.1, 0.15) is 31.8 Å². The summed E-state index contributed by atoms with van der Waals surface area (Å²) < 4.78 is 82.6. The summed E-state index contributed by atoms with van der Waals surface area (Å²) in [6.45, 7) is 3.48. The predicted octanol–water partition coefficient (Wildman–Crippen LogP) is 10.7.